The molecule has 1 unspecified atom stereocenters. The third-order valence-electron chi connectivity index (χ3n) is 3.88. The number of carbonyl (C=O) groups is 1. The van der Waals surface area contributed by atoms with Crippen LogP contribution in [0, 0.1) is 0 Å². The molecule has 0 radical (unpaired) electrons. The van der Waals surface area contributed by atoms with E-state index in [-0.39, 0.29) is 11.9 Å². The topological polar surface area (TPSA) is 75.2 Å². The molecular formula is C19H18N2O3. The summed E-state index contributed by atoms with van der Waals surface area (Å²) in [7, 11) is 0. The van der Waals surface area contributed by atoms with E-state index in [0.717, 1.165) is 22.4 Å². The summed E-state index contributed by atoms with van der Waals surface area (Å²) in [4.78, 5) is 10.9. The monoisotopic (exact) mass is 322 g/mol. The molecule has 2 N–H and O–H groups in total. The van der Waals surface area contributed by atoms with E-state index in [2.05, 4.69) is 10.2 Å². The number of H-pyrrole nitrogens is 1. The molecule has 5 nitrogen and oxygen atoms in total. The Balaban J connectivity index is 1.78. The lowest BCUT2D eigenvalue weighted by atomic mass is 9.99. The number of phenols is 1. The summed E-state index contributed by atoms with van der Waals surface area (Å²) in [5, 5.41) is 16.5. The predicted octanol–water partition coefficient (Wildman–Crippen LogP) is 3.11. The molecule has 3 rings (SSSR count). The summed E-state index contributed by atoms with van der Waals surface area (Å²) < 4.78 is 5.26. The van der Waals surface area contributed by atoms with Gasteiger partial charge < -0.3 is 9.84 Å². The number of phenolic OH excluding ortho intramolecular Hbond substituents is 1. The number of hydrogen-bond acceptors (Lipinski definition) is 4. The summed E-state index contributed by atoms with van der Waals surface area (Å²) >= 11 is 0. The van der Waals surface area contributed by atoms with Crippen molar-refractivity contribution in [3.05, 3.63) is 71.9 Å². The highest BCUT2D eigenvalue weighted by atomic mass is 16.5. The highest BCUT2D eigenvalue weighted by Gasteiger charge is 2.16. The zero-order valence-corrected chi connectivity index (χ0v) is 13.1. The van der Waals surface area contributed by atoms with Crippen molar-refractivity contribution in [3.63, 3.8) is 0 Å². The first-order valence-corrected chi connectivity index (χ1v) is 7.71. The molecule has 5 heteroatoms. The molecule has 0 fully saturated rings. The molecule has 0 saturated heterocycles. The van der Waals surface area contributed by atoms with Gasteiger partial charge in [-0.15, -0.1) is 0 Å². The van der Waals surface area contributed by atoms with Crippen LogP contribution < -0.4 is 0 Å². The Labute approximate surface area is 139 Å². The Kier molecular flexibility index (Phi) is 4.91. The molecule has 24 heavy (non-hydrogen) atoms. The first-order valence-electron chi connectivity index (χ1n) is 7.71. The molecule has 0 saturated carbocycles. The first kappa shape index (κ1) is 15.8. The molecule has 0 bridgehead atoms. The average Bonchev–Trinajstić information content (AvgIpc) is 3.06. The van der Waals surface area contributed by atoms with Crippen LogP contribution in [0.1, 0.15) is 11.1 Å². The number of aromatic hydroxyl groups is 1. The molecule has 0 amide bonds. The first-order chi connectivity index (χ1) is 11.8. The zero-order valence-electron chi connectivity index (χ0n) is 13.1. The SMILES string of the molecule is O=COC(Cc1ccc(O)cc1)Cc1cn[nH]c1-c1ccccc1. The minimum Gasteiger partial charge on any atom is -0.508 e. The fourth-order valence-corrected chi connectivity index (χ4v) is 2.71. The van der Waals surface area contributed by atoms with Crippen molar-refractivity contribution < 1.29 is 14.6 Å². The molecule has 0 spiro atoms. The Morgan fingerprint density at radius 3 is 2.54 bits per heavy atom. The summed E-state index contributed by atoms with van der Waals surface area (Å²) in [5.41, 5.74) is 3.96. The molecular weight excluding hydrogens is 304 g/mol. The summed E-state index contributed by atoms with van der Waals surface area (Å²) in [6.07, 6.45) is 2.59. The van der Waals surface area contributed by atoms with Crippen LogP contribution in [0.25, 0.3) is 11.3 Å². The van der Waals surface area contributed by atoms with E-state index in [4.69, 9.17) is 4.74 Å². The Morgan fingerprint density at radius 1 is 1.08 bits per heavy atom. The van der Waals surface area contributed by atoms with Gasteiger partial charge in [0.2, 0.25) is 0 Å². The molecule has 1 aromatic heterocycles. The van der Waals surface area contributed by atoms with Crippen LogP contribution in [0.4, 0.5) is 0 Å². The van der Waals surface area contributed by atoms with E-state index >= 15 is 0 Å². The fraction of sp³-hybridized carbons (Fsp3) is 0.158. The van der Waals surface area contributed by atoms with Crippen LogP contribution in [-0.2, 0) is 22.4 Å². The van der Waals surface area contributed by atoms with Crippen LogP contribution in [-0.4, -0.2) is 27.9 Å². The zero-order chi connectivity index (χ0) is 16.8. The minimum absolute atomic E-state index is 0.216. The van der Waals surface area contributed by atoms with Crippen LogP contribution in [0.2, 0.25) is 0 Å². The van der Waals surface area contributed by atoms with Gasteiger partial charge in [0, 0.05) is 18.4 Å². The van der Waals surface area contributed by atoms with Crippen molar-refractivity contribution in [2.45, 2.75) is 18.9 Å². The second-order valence-corrected chi connectivity index (χ2v) is 5.57. The molecule has 3 aromatic rings. The van der Waals surface area contributed by atoms with Gasteiger partial charge >= 0.3 is 0 Å². The summed E-state index contributed by atoms with van der Waals surface area (Å²) in [6.45, 7) is 0.480. The number of nitrogens with one attached hydrogen (secondary N) is 1. The standard InChI is InChI=1S/C19H18N2O3/c22-13-24-18(10-14-6-8-17(23)9-7-14)11-16-12-20-21-19(16)15-4-2-1-3-5-15/h1-9,12-13,18,23H,10-11H2,(H,20,21). The van der Waals surface area contributed by atoms with Gasteiger partial charge in [0.05, 0.1) is 11.9 Å². The molecule has 0 aliphatic rings. The summed E-state index contributed by atoms with van der Waals surface area (Å²) in [6, 6.07) is 16.8. The predicted molar refractivity (Wildman–Crippen MR) is 90.5 cm³/mol. The number of nitrogens with zero attached hydrogens (tertiary/aromatic N) is 1. The number of aromatic amines is 1. The highest BCUT2D eigenvalue weighted by molar-refractivity contribution is 5.62. The van der Waals surface area contributed by atoms with Crippen LogP contribution in [0.15, 0.2) is 60.8 Å². The number of hydrogen-bond donors (Lipinski definition) is 2. The van der Waals surface area contributed by atoms with Crippen molar-refractivity contribution in [2.75, 3.05) is 0 Å². The second kappa shape index (κ2) is 7.46. The molecule has 122 valence electrons. The van der Waals surface area contributed by atoms with E-state index in [1.165, 1.54) is 0 Å². The maximum absolute atomic E-state index is 10.9. The molecule has 0 aliphatic carbocycles. The van der Waals surface area contributed by atoms with Crippen LogP contribution in [0.3, 0.4) is 0 Å². The van der Waals surface area contributed by atoms with Gasteiger partial charge in [0.15, 0.2) is 0 Å². The minimum atomic E-state index is -0.299. The van der Waals surface area contributed by atoms with Gasteiger partial charge in [0.1, 0.15) is 11.9 Å². The smallest absolute Gasteiger partial charge is 0.293 e. The van der Waals surface area contributed by atoms with Gasteiger partial charge in [-0.1, -0.05) is 42.5 Å². The second-order valence-electron chi connectivity index (χ2n) is 5.57. The third kappa shape index (κ3) is 3.81. The number of benzene rings is 2. The maximum atomic E-state index is 10.9. The van der Waals surface area contributed by atoms with E-state index in [1.54, 1.807) is 18.3 Å². The van der Waals surface area contributed by atoms with Crippen molar-refractivity contribution in [1.29, 1.82) is 0 Å². The Morgan fingerprint density at radius 2 is 1.83 bits per heavy atom. The normalized spacial score (nSPS) is 11.8. The van der Waals surface area contributed by atoms with E-state index in [0.29, 0.717) is 19.3 Å². The largest absolute Gasteiger partial charge is 0.508 e. The number of aromatic nitrogens is 2. The van der Waals surface area contributed by atoms with Gasteiger partial charge in [-0.3, -0.25) is 9.89 Å². The number of carbonyl (C=O) groups excluding carboxylic acids is 1. The lowest BCUT2D eigenvalue weighted by molar-refractivity contribution is -0.133. The van der Waals surface area contributed by atoms with Gasteiger partial charge in [-0.25, -0.2) is 0 Å². The van der Waals surface area contributed by atoms with Crippen LogP contribution >= 0.6 is 0 Å². The number of ether oxygens (including phenoxy) is 1. The number of rotatable bonds is 7. The van der Waals surface area contributed by atoms with Crippen LogP contribution in [0.5, 0.6) is 5.75 Å². The van der Waals surface area contributed by atoms with E-state index in [1.807, 2.05) is 42.5 Å². The van der Waals surface area contributed by atoms with Gasteiger partial charge in [-0.05, 0) is 23.3 Å². The van der Waals surface area contributed by atoms with Gasteiger partial charge in [0.25, 0.3) is 6.47 Å². The highest BCUT2D eigenvalue weighted by Crippen LogP contribution is 2.23. The maximum Gasteiger partial charge on any atom is 0.293 e. The van der Waals surface area contributed by atoms with E-state index in [9.17, 15) is 9.90 Å². The fourth-order valence-electron chi connectivity index (χ4n) is 2.71. The van der Waals surface area contributed by atoms with E-state index < -0.39 is 0 Å². The third-order valence-corrected chi connectivity index (χ3v) is 3.88. The molecule has 1 heterocycles. The lowest BCUT2D eigenvalue weighted by Crippen LogP contribution is -2.18. The van der Waals surface area contributed by atoms with Crippen molar-refractivity contribution >= 4 is 6.47 Å². The average molecular weight is 322 g/mol. The molecule has 1 atom stereocenters. The molecule has 2 aromatic carbocycles. The van der Waals surface area contributed by atoms with Gasteiger partial charge in [-0.2, -0.15) is 5.10 Å². The quantitative estimate of drug-likeness (QED) is 0.655. The molecule has 0 aliphatic heterocycles. The van der Waals surface area contributed by atoms with Crippen molar-refractivity contribution in [2.24, 2.45) is 0 Å². The van der Waals surface area contributed by atoms with Crippen molar-refractivity contribution in [3.8, 4) is 17.0 Å². The Hall–Kier alpha value is -3.08. The summed E-state index contributed by atoms with van der Waals surface area (Å²) in [5.74, 6) is 0.216. The Bertz CT molecular complexity index is 782. The lowest BCUT2D eigenvalue weighted by Gasteiger charge is -2.15. The van der Waals surface area contributed by atoms with Crippen molar-refractivity contribution in [1.82, 2.24) is 10.2 Å².